The van der Waals surface area contributed by atoms with Gasteiger partial charge in [-0.1, -0.05) is 147 Å². The van der Waals surface area contributed by atoms with Crippen LogP contribution in [0, 0.1) is 0 Å². The lowest BCUT2D eigenvalue weighted by molar-refractivity contribution is -0.870. The van der Waals surface area contributed by atoms with Gasteiger partial charge in [-0.05, 0) is 44.9 Å². The first-order valence-corrected chi connectivity index (χ1v) is 23.3. The van der Waals surface area contributed by atoms with Crippen LogP contribution in [0.5, 0.6) is 0 Å². The van der Waals surface area contributed by atoms with Gasteiger partial charge in [-0.25, -0.2) is 4.57 Å². The largest absolute Gasteiger partial charge is 0.472 e. The van der Waals surface area contributed by atoms with E-state index in [4.69, 9.17) is 23.3 Å². The number of ether oxygens (including phenoxy) is 3. The zero-order chi connectivity index (χ0) is 40.5. The zero-order valence-corrected chi connectivity index (χ0v) is 36.5. The normalized spacial score (nSPS) is 17.6. The molecule has 0 spiro atoms. The van der Waals surface area contributed by atoms with Gasteiger partial charge in [-0.2, -0.15) is 0 Å². The van der Waals surface area contributed by atoms with Gasteiger partial charge in [0.05, 0.1) is 40.0 Å². The molecule has 0 radical (unpaired) electrons. The molecule has 1 saturated heterocycles. The molecule has 0 aromatic heterocycles. The Kier molecular flexibility index (Phi) is 30.9. The molecule has 0 aromatic carbocycles. The lowest BCUT2D eigenvalue weighted by atomic mass is 10.0. The van der Waals surface area contributed by atoms with Crippen molar-refractivity contribution in [1.82, 2.24) is 0 Å². The second-order valence-corrected chi connectivity index (χ2v) is 17.6. The number of quaternary nitrogens is 1. The fourth-order valence-corrected chi connectivity index (χ4v) is 6.78. The maximum atomic E-state index is 12.7. The van der Waals surface area contributed by atoms with Crippen LogP contribution in [0.25, 0.3) is 0 Å². The van der Waals surface area contributed by atoms with E-state index in [2.05, 4.69) is 44.2 Å². The summed E-state index contributed by atoms with van der Waals surface area (Å²) in [4.78, 5) is 35.3. The quantitative estimate of drug-likeness (QED) is 0.0162. The van der Waals surface area contributed by atoms with Crippen LogP contribution in [0.15, 0.2) is 36.5 Å². The topological polar surface area (TPSA) is 121 Å². The molecule has 3 unspecified atom stereocenters. The Bertz CT molecular complexity index is 1100. The monoisotopic (exact) mass is 799 g/mol. The van der Waals surface area contributed by atoms with Gasteiger partial charge in [0.2, 0.25) is 0 Å². The molecule has 1 aliphatic rings. The highest BCUT2D eigenvalue weighted by Crippen LogP contribution is 2.43. The number of nitrogens with zero attached hydrogens (tertiary/aromatic N) is 1. The SMILES string of the molecule is CCCCCCCCCCCCCCCC(=O)OC[C@H](COP(=O)(O)OCC[N+](C)(C)C)OC(=O)CCC/C=C\C/C=C\C/C=C\CC1OC1CCCCC. The maximum Gasteiger partial charge on any atom is 0.472 e. The van der Waals surface area contributed by atoms with Gasteiger partial charge in [0.1, 0.15) is 19.8 Å². The molecular formula is C44H81NO9P+. The highest BCUT2D eigenvalue weighted by atomic mass is 31.2. The maximum absolute atomic E-state index is 12.7. The van der Waals surface area contributed by atoms with E-state index in [-0.39, 0.29) is 32.0 Å². The molecule has 1 rings (SSSR count). The van der Waals surface area contributed by atoms with Crippen molar-refractivity contribution in [3.8, 4) is 0 Å². The Morgan fingerprint density at radius 3 is 1.84 bits per heavy atom. The van der Waals surface area contributed by atoms with Gasteiger partial charge in [-0.3, -0.25) is 18.6 Å². The molecule has 0 amide bonds. The fraction of sp³-hybridized carbons (Fsp3) is 0.818. The summed E-state index contributed by atoms with van der Waals surface area (Å²) < 4.78 is 39.9. The van der Waals surface area contributed by atoms with Crippen LogP contribution < -0.4 is 0 Å². The average molecular weight is 799 g/mol. The van der Waals surface area contributed by atoms with Crippen molar-refractivity contribution >= 4 is 19.8 Å². The Balaban J connectivity index is 2.32. The third-order valence-corrected chi connectivity index (χ3v) is 10.6. The molecule has 1 aliphatic heterocycles. The molecule has 4 atom stereocenters. The molecule has 10 nitrogen and oxygen atoms in total. The number of epoxide rings is 1. The number of likely N-dealkylation sites (N-methyl/N-ethyl adjacent to an activating group) is 1. The summed E-state index contributed by atoms with van der Waals surface area (Å²) in [5.41, 5.74) is 0. The van der Waals surface area contributed by atoms with E-state index in [1.54, 1.807) is 0 Å². The molecule has 11 heteroatoms. The van der Waals surface area contributed by atoms with Crippen molar-refractivity contribution in [2.75, 3.05) is 47.5 Å². The minimum absolute atomic E-state index is 0.0199. The number of rotatable bonds is 38. The number of hydrogen-bond acceptors (Lipinski definition) is 8. The number of carbonyl (C=O) groups is 2. The molecule has 1 N–H and O–H groups in total. The average Bonchev–Trinajstić information content (AvgIpc) is 3.89. The van der Waals surface area contributed by atoms with Crippen LogP contribution in [0.4, 0.5) is 0 Å². The predicted molar refractivity (Wildman–Crippen MR) is 224 cm³/mol. The molecule has 0 aromatic rings. The molecule has 320 valence electrons. The highest BCUT2D eigenvalue weighted by molar-refractivity contribution is 7.47. The molecular weight excluding hydrogens is 717 g/mol. The van der Waals surface area contributed by atoms with E-state index in [1.807, 2.05) is 27.2 Å². The second kappa shape index (κ2) is 33.2. The summed E-state index contributed by atoms with van der Waals surface area (Å²) in [5.74, 6) is -0.867. The summed E-state index contributed by atoms with van der Waals surface area (Å²) in [6, 6.07) is 0. The van der Waals surface area contributed by atoms with Crippen LogP contribution in [-0.4, -0.2) is 87.1 Å². The summed E-state index contributed by atoms with van der Waals surface area (Å²) in [6.45, 7) is 4.32. The standard InChI is InChI=1S/C44H80NO9P/c1-6-8-10-11-12-13-14-15-16-20-23-26-30-34-43(46)50-38-40(39-52-55(48,49)51-37-36-45(3,4)5)53-44(47)35-31-27-24-21-18-17-19-22-25-29-33-42-41(54-42)32-28-9-7-2/h17,19,21,24-25,29,40-42H,6-16,18,20,22-23,26-28,30-39H2,1-5H3/p+1/b19-17-,24-21-,29-25-/t40-,41?,42?/m1/s1. The summed E-state index contributed by atoms with van der Waals surface area (Å²) >= 11 is 0. The zero-order valence-electron chi connectivity index (χ0n) is 35.6. The molecule has 0 bridgehead atoms. The van der Waals surface area contributed by atoms with Gasteiger partial charge in [-0.15, -0.1) is 0 Å². The summed E-state index contributed by atoms with van der Waals surface area (Å²) in [6.07, 6.45) is 38.0. The Morgan fingerprint density at radius 2 is 1.22 bits per heavy atom. The molecule has 0 aliphatic carbocycles. The van der Waals surface area contributed by atoms with Crippen LogP contribution in [0.1, 0.15) is 168 Å². The first-order valence-electron chi connectivity index (χ1n) is 21.8. The lowest BCUT2D eigenvalue weighted by Crippen LogP contribution is -2.37. The van der Waals surface area contributed by atoms with Crippen LogP contribution >= 0.6 is 7.82 Å². The minimum Gasteiger partial charge on any atom is -0.462 e. The van der Waals surface area contributed by atoms with Crippen molar-refractivity contribution in [2.24, 2.45) is 0 Å². The number of unbranched alkanes of at least 4 members (excludes halogenated alkanes) is 15. The van der Waals surface area contributed by atoms with Crippen molar-refractivity contribution in [3.05, 3.63) is 36.5 Å². The van der Waals surface area contributed by atoms with E-state index in [9.17, 15) is 19.0 Å². The van der Waals surface area contributed by atoms with E-state index < -0.39 is 26.5 Å². The minimum atomic E-state index is -4.39. The number of hydrogen-bond donors (Lipinski definition) is 1. The number of phosphoric acid groups is 1. The first kappa shape index (κ1) is 51.2. The van der Waals surface area contributed by atoms with E-state index in [0.717, 1.165) is 38.5 Å². The van der Waals surface area contributed by atoms with Gasteiger partial charge >= 0.3 is 19.8 Å². The number of esters is 2. The van der Waals surface area contributed by atoms with Crippen LogP contribution in [0.3, 0.4) is 0 Å². The fourth-order valence-electron chi connectivity index (χ4n) is 6.04. The van der Waals surface area contributed by atoms with Crippen molar-refractivity contribution < 1.29 is 46.8 Å². The third kappa shape index (κ3) is 34.0. The van der Waals surface area contributed by atoms with Gasteiger partial charge in [0, 0.05) is 12.8 Å². The number of phosphoric ester groups is 1. The Hall–Kier alpha value is -1.81. The van der Waals surface area contributed by atoms with Crippen molar-refractivity contribution in [1.29, 1.82) is 0 Å². The van der Waals surface area contributed by atoms with Crippen LogP contribution in [-0.2, 0) is 37.4 Å². The van der Waals surface area contributed by atoms with Gasteiger partial charge < -0.3 is 23.6 Å². The van der Waals surface area contributed by atoms with Crippen LogP contribution in [0.2, 0.25) is 0 Å². The van der Waals surface area contributed by atoms with E-state index in [0.29, 0.717) is 36.1 Å². The smallest absolute Gasteiger partial charge is 0.462 e. The lowest BCUT2D eigenvalue weighted by Gasteiger charge is -2.24. The number of allylic oxidation sites excluding steroid dienone is 5. The Morgan fingerprint density at radius 1 is 0.673 bits per heavy atom. The molecule has 0 saturated carbocycles. The second-order valence-electron chi connectivity index (χ2n) is 16.1. The molecule has 55 heavy (non-hydrogen) atoms. The Labute approximate surface area is 336 Å². The van der Waals surface area contributed by atoms with E-state index in [1.165, 1.54) is 89.9 Å². The first-order chi connectivity index (χ1) is 26.5. The van der Waals surface area contributed by atoms with Gasteiger partial charge in [0.15, 0.2) is 6.10 Å². The van der Waals surface area contributed by atoms with Gasteiger partial charge in [0.25, 0.3) is 0 Å². The third-order valence-electron chi connectivity index (χ3n) is 9.60. The highest BCUT2D eigenvalue weighted by Gasteiger charge is 2.36. The molecule has 1 heterocycles. The van der Waals surface area contributed by atoms with Crippen molar-refractivity contribution in [2.45, 2.75) is 186 Å². The van der Waals surface area contributed by atoms with E-state index >= 15 is 0 Å². The van der Waals surface area contributed by atoms with Crippen molar-refractivity contribution in [3.63, 3.8) is 0 Å². The summed E-state index contributed by atoms with van der Waals surface area (Å²) in [7, 11) is 1.44. The predicted octanol–water partition coefficient (Wildman–Crippen LogP) is 11.1. The molecule has 1 fully saturated rings. The number of carbonyl (C=O) groups excluding carboxylic acids is 2. The summed E-state index contributed by atoms with van der Waals surface area (Å²) in [5, 5.41) is 0.